The van der Waals surface area contributed by atoms with Gasteiger partial charge in [-0.2, -0.15) is 0 Å². The molecular weight excluding hydrogens is 358 g/mol. The number of thiazole rings is 1. The van der Waals surface area contributed by atoms with Crippen molar-refractivity contribution >= 4 is 23.1 Å². The summed E-state index contributed by atoms with van der Waals surface area (Å²) in [6.45, 7) is 3.85. The maximum atomic E-state index is 12.6. The zero-order valence-corrected chi connectivity index (χ0v) is 16.0. The van der Waals surface area contributed by atoms with Crippen molar-refractivity contribution < 1.29 is 9.53 Å². The van der Waals surface area contributed by atoms with Gasteiger partial charge in [-0.1, -0.05) is 30.3 Å². The molecule has 0 fully saturated rings. The van der Waals surface area contributed by atoms with Crippen LogP contribution in [0.25, 0.3) is 10.6 Å². The zero-order valence-electron chi connectivity index (χ0n) is 15.1. The number of carbonyl (C=O) groups is 1. The van der Waals surface area contributed by atoms with E-state index in [4.69, 9.17) is 9.72 Å². The molecule has 1 aliphatic rings. The second-order valence-electron chi connectivity index (χ2n) is 6.31. The molecule has 1 N–H and O–H groups in total. The van der Waals surface area contributed by atoms with Crippen molar-refractivity contribution in [2.24, 2.45) is 0 Å². The van der Waals surface area contributed by atoms with E-state index in [2.05, 4.69) is 17.4 Å². The van der Waals surface area contributed by atoms with Crippen molar-refractivity contribution in [3.8, 4) is 16.3 Å². The van der Waals surface area contributed by atoms with Gasteiger partial charge in [-0.05, 0) is 31.2 Å². The maximum Gasteiger partial charge on any atom is 0.322 e. The van der Waals surface area contributed by atoms with Crippen LogP contribution in [0, 0.1) is 0 Å². The minimum absolute atomic E-state index is 0.0838. The van der Waals surface area contributed by atoms with Crippen molar-refractivity contribution in [2.75, 3.05) is 18.5 Å². The van der Waals surface area contributed by atoms with E-state index in [0.717, 1.165) is 34.1 Å². The quantitative estimate of drug-likeness (QED) is 0.708. The number of rotatable bonds is 4. The Morgan fingerprint density at radius 2 is 1.96 bits per heavy atom. The molecule has 0 spiro atoms. The SMILES string of the molecule is CCOc1ccc(NC(=O)N2CCc3nc(-c4ccccc4)sc3C2)cc1. The van der Waals surface area contributed by atoms with Crippen LogP contribution >= 0.6 is 11.3 Å². The topological polar surface area (TPSA) is 54.5 Å². The summed E-state index contributed by atoms with van der Waals surface area (Å²) in [5, 5.41) is 3.99. The molecule has 1 aromatic heterocycles. The van der Waals surface area contributed by atoms with Gasteiger partial charge in [0.1, 0.15) is 10.8 Å². The van der Waals surface area contributed by atoms with E-state index < -0.39 is 0 Å². The van der Waals surface area contributed by atoms with Gasteiger partial charge in [0.2, 0.25) is 0 Å². The predicted octanol–water partition coefficient (Wildman–Crippen LogP) is 4.80. The molecule has 6 heteroatoms. The molecule has 0 unspecified atom stereocenters. The van der Waals surface area contributed by atoms with Gasteiger partial charge < -0.3 is 15.0 Å². The number of nitrogens with zero attached hydrogens (tertiary/aromatic N) is 2. The van der Waals surface area contributed by atoms with E-state index in [1.165, 1.54) is 4.88 Å². The Labute approximate surface area is 162 Å². The van der Waals surface area contributed by atoms with Crippen LogP contribution in [0.2, 0.25) is 0 Å². The Kier molecular flexibility index (Phi) is 5.07. The molecule has 0 atom stereocenters. The Morgan fingerprint density at radius 1 is 1.19 bits per heavy atom. The number of urea groups is 1. The first-order valence-corrected chi connectivity index (χ1v) is 9.87. The van der Waals surface area contributed by atoms with Gasteiger partial charge in [0.15, 0.2) is 0 Å². The smallest absolute Gasteiger partial charge is 0.322 e. The lowest BCUT2D eigenvalue weighted by Crippen LogP contribution is -2.38. The van der Waals surface area contributed by atoms with Crippen molar-refractivity contribution in [1.82, 2.24) is 9.88 Å². The molecular formula is C21H21N3O2S. The summed E-state index contributed by atoms with van der Waals surface area (Å²) in [4.78, 5) is 20.4. The van der Waals surface area contributed by atoms with Gasteiger partial charge in [0.25, 0.3) is 0 Å². The van der Waals surface area contributed by atoms with E-state index in [-0.39, 0.29) is 6.03 Å². The molecule has 0 bridgehead atoms. The minimum Gasteiger partial charge on any atom is -0.494 e. The number of carbonyl (C=O) groups excluding carboxylic acids is 1. The van der Waals surface area contributed by atoms with Crippen molar-refractivity contribution in [3.05, 3.63) is 65.2 Å². The molecule has 3 aromatic rings. The van der Waals surface area contributed by atoms with Gasteiger partial charge in [0, 0.05) is 29.1 Å². The second-order valence-corrected chi connectivity index (χ2v) is 7.40. The van der Waals surface area contributed by atoms with Crippen molar-refractivity contribution in [2.45, 2.75) is 19.9 Å². The Morgan fingerprint density at radius 3 is 2.70 bits per heavy atom. The van der Waals surface area contributed by atoms with Gasteiger partial charge in [0.05, 0.1) is 18.8 Å². The fourth-order valence-electron chi connectivity index (χ4n) is 3.08. The zero-order chi connectivity index (χ0) is 18.6. The van der Waals surface area contributed by atoms with E-state index in [1.807, 2.05) is 54.3 Å². The highest BCUT2D eigenvalue weighted by Crippen LogP contribution is 2.31. The molecule has 1 aliphatic heterocycles. The van der Waals surface area contributed by atoms with Gasteiger partial charge in [-0.25, -0.2) is 9.78 Å². The van der Waals surface area contributed by atoms with Crippen LogP contribution in [-0.2, 0) is 13.0 Å². The maximum absolute atomic E-state index is 12.6. The Bertz CT molecular complexity index is 922. The summed E-state index contributed by atoms with van der Waals surface area (Å²) in [6, 6.07) is 17.5. The third-order valence-electron chi connectivity index (χ3n) is 4.46. The first-order chi connectivity index (χ1) is 13.2. The van der Waals surface area contributed by atoms with Crippen molar-refractivity contribution in [3.63, 3.8) is 0 Å². The number of ether oxygens (including phenoxy) is 1. The Balaban J connectivity index is 1.43. The number of fused-ring (bicyclic) bond motifs is 1. The summed E-state index contributed by atoms with van der Waals surface area (Å²) < 4.78 is 5.43. The van der Waals surface area contributed by atoms with Gasteiger partial charge in [-0.15, -0.1) is 11.3 Å². The highest BCUT2D eigenvalue weighted by atomic mass is 32.1. The number of nitrogens with one attached hydrogen (secondary N) is 1. The number of hydrogen-bond donors (Lipinski definition) is 1. The normalized spacial score (nSPS) is 13.1. The molecule has 2 amide bonds. The van der Waals surface area contributed by atoms with E-state index in [9.17, 15) is 4.79 Å². The second kappa shape index (κ2) is 7.80. The minimum atomic E-state index is -0.0838. The van der Waals surface area contributed by atoms with E-state index >= 15 is 0 Å². The lowest BCUT2D eigenvalue weighted by atomic mass is 10.2. The fraction of sp³-hybridized carbons (Fsp3) is 0.238. The average Bonchev–Trinajstić information content (AvgIpc) is 3.14. The standard InChI is InChI=1S/C21H21N3O2S/c1-2-26-17-10-8-16(9-11-17)22-21(25)24-13-12-18-19(14-24)27-20(23-18)15-6-4-3-5-7-15/h3-11H,2,12-14H2,1H3,(H,22,25). The summed E-state index contributed by atoms with van der Waals surface area (Å²) in [5.41, 5.74) is 3.01. The molecule has 5 nitrogen and oxygen atoms in total. The summed E-state index contributed by atoms with van der Waals surface area (Å²) in [7, 11) is 0. The predicted molar refractivity (Wildman–Crippen MR) is 108 cm³/mol. The first-order valence-electron chi connectivity index (χ1n) is 9.05. The molecule has 0 radical (unpaired) electrons. The van der Waals surface area contributed by atoms with Crippen LogP contribution in [0.3, 0.4) is 0 Å². The van der Waals surface area contributed by atoms with Gasteiger partial charge >= 0.3 is 6.03 Å². The largest absolute Gasteiger partial charge is 0.494 e. The third-order valence-corrected chi connectivity index (χ3v) is 5.59. The van der Waals surface area contributed by atoms with E-state index in [0.29, 0.717) is 19.7 Å². The highest BCUT2D eigenvalue weighted by Gasteiger charge is 2.24. The molecule has 27 heavy (non-hydrogen) atoms. The molecule has 0 aliphatic carbocycles. The van der Waals surface area contributed by atoms with Crippen LogP contribution in [0.4, 0.5) is 10.5 Å². The third kappa shape index (κ3) is 3.95. The van der Waals surface area contributed by atoms with Crippen LogP contribution in [0.15, 0.2) is 54.6 Å². The number of anilines is 1. The number of benzene rings is 2. The van der Waals surface area contributed by atoms with E-state index in [1.54, 1.807) is 11.3 Å². The molecule has 0 saturated heterocycles. The molecule has 138 valence electrons. The highest BCUT2D eigenvalue weighted by molar-refractivity contribution is 7.15. The molecule has 2 heterocycles. The summed E-state index contributed by atoms with van der Waals surface area (Å²) >= 11 is 1.67. The molecule has 2 aromatic carbocycles. The lowest BCUT2D eigenvalue weighted by molar-refractivity contribution is 0.207. The van der Waals surface area contributed by atoms with Crippen molar-refractivity contribution in [1.29, 1.82) is 0 Å². The molecule has 0 saturated carbocycles. The van der Waals surface area contributed by atoms with Crippen LogP contribution in [-0.4, -0.2) is 29.1 Å². The lowest BCUT2D eigenvalue weighted by Gasteiger charge is -2.26. The van der Waals surface area contributed by atoms with Gasteiger partial charge in [-0.3, -0.25) is 0 Å². The average molecular weight is 379 g/mol. The number of aromatic nitrogens is 1. The van der Waals surface area contributed by atoms with Crippen LogP contribution in [0.5, 0.6) is 5.75 Å². The Hall–Kier alpha value is -2.86. The fourth-order valence-corrected chi connectivity index (χ4v) is 4.21. The summed E-state index contributed by atoms with van der Waals surface area (Å²) in [5.74, 6) is 0.802. The summed E-state index contributed by atoms with van der Waals surface area (Å²) in [6.07, 6.45) is 0.787. The van der Waals surface area contributed by atoms with Crippen LogP contribution < -0.4 is 10.1 Å². The molecule has 4 rings (SSSR count). The number of amides is 2. The van der Waals surface area contributed by atoms with Crippen LogP contribution in [0.1, 0.15) is 17.5 Å². The number of hydrogen-bond acceptors (Lipinski definition) is 4. The monoisotopic (exact) mass is 379 g/mol. The first kappa shape index (κ1) is 17.5.